The molecule has 0 saturated carbocycles. The van der Waals surface area contributed by atoms with Gasteiger partial charge in [0.05, 0.1) is 0 Å². The summed E-state index contributed by atoms with van der Waals surface area (Å²) in [5.41, 5.74) is 0. The van der Waals surface area contributed by atoms with Crippen LogP contribution >= 0.6 is 11.3 Å². The summed E-state index contributed by atoms with van der Waals surface area (Å²) in [4.78, 5) is 23.2. The van der Waals surface area contributed by atoms with Crippen LogP contribution in [0.1, 0.15) is 22.5 Å². The van der Waals surface area contributed by atoms with Gasteiger partial charge in [-0.25, -0.2) is 17.5 Å². The number of nitrogens with zero attached hydrogens (tertiary/aromatic N) is 1. The van der Waals surface area contributed by atoms with Crippen molar-refractivity contribution in [2.24, 2.45) is 0 Å². The Morgan fingerprint density at radius 2 is 2.14 bits per heavy atom. The van der Waals surface area contributed by atoms with E-state index in [9.17, 15) is 18.0 Å². The van der Waals surface area contributed by atoms with Crippen molar-refractivity contribution in [2.75, 3.05) is 14.1 Å². The van der Waals surface area contributed by atoms with Crippen LogP contribution in [0.5, 0.6) is 0 Å². The Hall–Kier alpha value is -1.71. The van der Waals surface area contributed by atoms with E-state index in [0.29, 0.717) is 6.42 Å². The number of hydrogen-bond donors (Lipinski definition) is 2. The quantitative estimate of drug-likeness (QED) is 0.687. The van der Waals surface area contributed by atoms with Crippen molar-refractivity contribution in [3.63, 3.8) is 0 Å². The highest BCUT2D eigenvalue weighted by Crippen LogP contribution is 2.24. The predicted octanol–water partition coefficient (Wildman–Crippen LogP) is 1.15. The summed E-state index contributed by atoms with van der Waals surface area (Å²) in [6, 6.07) is 0.233. The second kappa shape index (κ2) is 7.52. The summed E-state index contributed by atoms with van der Waals surface area (Å²) in [6.45, 7) is 3.50. The van der Waals surface area contributed by atoms with Crippen LogP contribution in [-0.2, 0) is 14.8 Å². The highest BCUT2D eigenvalue weighted by atomic mass is 32.2. The number of carbonyl (C=O) groups is 2. The van der Waals surface area contributed by atoms with E-state index in [1.807, 2.05) is 0 Å². The molecule has 1 heterocycles. The zero-order chi connectivity index (χ0) is 16.9. The van der Waals surface area contributed by atoms with Gasteiger partial charge < -0.3 is 10.4 Å². The highest BCUT2D eigenvalue weighted by Gasteiger charge is 2.28. The van der Waals surface area contributed by atoms with Crippen LogP contribution in [-0.4, -0.2) is 49.8 Å². The molecule has 1 aromatic heterocycles. The van der Waals surface area contributed by atoms with E-state index < -0.39 is 27.9 Å². The molecule has 122 valence electrons. The number of carbonyl (C=O) groups excluding carboxylic acids is 1. The number of sulfonamides is 1. The second-order valence-electron chi connectivity index (χ2n) is 4.63. The maximum Gasteiger partial charge on any atom is 0.326 e. The monoisotopic (exact) mass is 346 g/mol. The van der Waals surface area contributed by atoms with Gasteiger partial charge in [0.1, 0.15) is 15.8 Å². The van der Waals surface area contributed by atoms with Gasteiger partial charge in [0.2, 0.25) is 10.0 Å². The molecule has 0 aliphatic rings. The van der Waals surface area contributed by atoms with Gasteiger partial charge in [-0.3, -0.25) is 4.79 Å². The molecule has 0 aromatic carbocycles. The lowest BCUT2D eigenvalue weighted by atomic mass is 10.1. The maximum atomic E-state index is 12.2. The Morgan fingerprint density at radius 3 is 2.64 bits per heavy atom. The summed E-state index contributed by atoms with van der Waals surface area (Å²) in [5, 5.41) is 12.9. The van der Waals surface area contributed by atoms with Gasteiger partial charge in [0.15, 0.2) is 0 Å². The lowest BCUT2D eigenvalue weighted by Crippen LogP contribution is -2.41. The van der Waals surface area contributed by atoms with Crippen molar-refractivity contribution < 1.29 is 23.1 Å². The van der Waals surface area contributed by atoms with Crippen LogP contribution < -0.4 is 5.32 Å². The fourth-order valence-corrected chi connectivity index (χ4v) is 3.83. The zero-order valence-electron chi connectivity index (χ0n) is 12.3. The number of allylic oxidation sites excluding steroid dienone is 1. The molecule has 1 aromatic rings. The molecule has 0 saturated heterocycles. The Balaban J connectivity index is 3.02. The summed E-state index contributed by atoms with van der Waals surface area (Å²) < 4.78 is 25.3. The molecule has 1 amide bonds. The van der Waals surface area contributed by atoms with E-state index in [1.165, 1.54) is 25.5 Å². The molecule has 7 nitrogen and oxygen atoms in total. The van der Waals surface area contributed by atoms with Crippen molar-refractivity contribution in [2.45, 2.75) is 23.8 Å². The van der Waals surface area contributed by atoms with E-state index in [-0.39, 0.29) is 16.2 Å². The SMILES string of the molecule is C=CCCC(NC(=O)c1sccc1S(=O)(=O)N(C)C)C(=O)O. The van der Waals surface area contributed by atoms with Crippen LogP contribution in [0, 0.1) is 0 Å². The van der Waals surface area contributed by atoms with Gasteiger partial charge in [-0.15, -0.1) is 17.9 Å². The van der Waals surface area contributed by atoms with Crippen LogP contribution in [0.15, 0.2) is 29.0 Å². The minimum absolute atomic E-state index is 0.0291. The summed E-state index contributed by atoms with van der Waals surface area (Å²) in [7, 11) is -1.04. The van der Waals surface area contributed by atoms with Crippen molar-refractivity contribution in [3.8, 4) is 0 Å². The molecule has 0 bridgehead atoms. The van der Waals surface area contributed by atoms with Crippen LogP contribution in [0.3, 0.4) is 0 Å². The second-order valence-corrected chi connectivity index (χ2v) is 7.67. The number of thiophene rings is 1. The lowest BCUT2D eigenvalue weighted by Gasteiger charge is -2.15. The van der Waals surface area contributed by atoms with E-state index in [0.717, 1.165) is 15.6 Å². The van der Waals surface area contributed by atoms with Gasteiger partial charge in [0.25, 0.3) is 5.91 Å². The average Bonchev–Trinajstić information content (AvgIpc) is 2.92. The molecular formula is C13H18N2O5S2. The molecule has 2 N–H and O–H groups in total. The third kappa shape index (κ3) is 4.15. The molecule has 0 radical (unpaired) electrons. The maximum absolute atomic E-state index is 12.2. The van der Waals surface area contributed by atoms with E-state index in [1.54, 1.807) is 6.08 Å². The van der Waals surface area contributed by atoms with E-state index in [2.05, 4.69) is 11.9 Å². The number of nitrogens with one attached hydrogen (secondary N) is 1. The molecule has 0 aliphatic carbocycles. The van der Waals surface area contributed by atoms with Crippen LogP contribution in [0.2, 0.25) is 0 Å². The van der Waals surface area contributed by atoms with Crippen LogP contribution in [0.4, 0.5) is 0 Å². The standard InChI is InChI=1S/C13H18N2O5S2/c1-4-5-6-9(13(17)18)14-12(16)11-10(7-8-21-11)22(19,20)15(2)3/h4,7-9H,1,5-6H2,2-3H3,(H,14,16)(H,17,18). The Bertz CT molecular complexity index is 664. The Kier molecular flexibility index (Phi) is 6.27. The summed E-state index contributed by atoms with van der Waals surface area (Å²) in [6.07, 6.45) is 2.16. The van der Waals surface area contributed by atoms with Gasteiger partial charge in [0, 0.05) is 14.1 Å². The minimum Gasteiger partial charge on any atom is -0.480 e. The Morgan fingerprint density at radius 1 is 1.50 bits per heavy atom. The van der Waals surface area contributed by atoms with Gasteiger partial charge >= 0.3 is 5.97 Å². The number of carboxylic acid groups (broad SMARTS) is 1. The molecule has 0 spiro atoms. The van der Waals surface area contributed by atoms with Crippen molar-refractivity contribution in [3.05, 3.63) is 29.0 Å². The number of rotatable bonds is 8. The molecule has 1 unspecified atom stereocenters. The van der Waals surface area contributed by atoms with E-state index >= 15 is 0 Å². The first-order chi connectivity index (χ1) is 10.2. The fraction of sp³-hybridized carbons (Fsp3) is 0.385. The highest BCUT2D eigenvalue weighted by molar-refractivity contribution is 7.89. The first kappa shape index (κ1) is 18.3. The van der Waals surface area contributed by atoms with Gasteiger partial charge in [-0.05, 0) is 24.3 Å². The number of amides is 1. The minimum atomic E-state index is -3.76. The van der Waals surface area contributed by atoms with Crippen molar-refractivity contribution in [1.29, 1.82) is 0 Å². The number of hydrogen-bond acceptors (Lipinski definition) is 5. The third-order valence-electron chi connectivity index (χ3n) is 2.86. The largest absolute Gasteiger partial charge is 0.480 e. The molecule has 1 rings (SSSR count). The van der Waals surface area contributed by atoms with E-state index in [4.69, 9.17) is 5.11 Å². The number of aliphatic carboxylic acids is 1. The van der Waals surface area contributed by atoms with Gasteiger partial charge in [-0.2, -0.15) is 0 Å². The smallest absolute Gasteiger partial charge is 0.326 e. The molecular weight excluding hydrogens is 328 g/mol. The first-order valence-electron chi connectivity index (χ1n) is 6.36. The fourth-order valence-electron chi connectivity index (χ4n) is 1.63. The molecule has 0 aliphatic heterocycles. The molecule has 9 heteroatoms. The lowest BCUT2D eigenvalue weighted by molar-refractivity contribution is -0.139. The summed E-state index contributed by atoms with van der Waals surface area (Å²) >= 11 is 0.949. The first-order valence-corrected chi connectivity index (χ1v) is 8.68. The Labute approximate surface area is 133 Å². The normalized spacial score (nSPS) is 12.9. The average molecular weight is 346 g/mol. The number of carboxylic acids is 1. The van der Waals surface area contributed by atoms with Gasteiger partial charge in [-0.1, -0.05) is 6.08 Å². The van der Waals surface area contributed by atoms with Crippen LogP contribution in [0.25, 0.3) is 0 Å². The molecule has 1 atom stereocenters. The molecule has 22 heavy (non-hydrogen) atoms. The molecule has 0 fully saturated rings. The van der Waals surface area contributed by atoms with Crippen molar-refractivity contribution in [1.82, 2.24) is 9.62 Å². The third-order valence-corrected chi connectivity index (χ3v) is 5.76. The predicted molar refractivity (Wildman–Crippen MR) is 83.5 cm³/mol. The summed E-state index contributed by atoms with van der Waals surface area (Å²) in [5.74, 6) is -1.89. The van der Waals surface area contributed by atoms with Crippen molar-refractivity contribution >= 4 is 33.2 Å². The topological polar surface area (TPSA) is 104 Å². The zero-order valence-corrected chi connectivity index (χ0v) is 13.9.